The number of benzene rings is 1. The van der Waals surface area contributed by atoms with E-state index in [0.717, 1.165) is 20.3 Å². The Bertz CT molecular complexity index is 569. The number of rotatable bonds is 5. The third-order valence-corrected chi connectivity index (χ3v) is 3.93. The van der Waals surface area contributed by atoms with E-state index in [-0.39, 0.29) is 19.0 Å². The molecule has 0 aromatic heterocycles. The van der Waals surface area contributed by atoms with E-state index in [4.69, 9.17) is 0 Å². The fourth-order valence-electron chi connectivity index (χ4n) is 2.13. The second-order valence-corrected chi connectivity index (χ2v) is 6.21. The van der Waals surface area contributed by atoms with Gasteiger partial charge < -0.3 is 0 Å². The van der Waals surface area contributed by atoms with Gasteiger partial charge in [-0.2, -0.15) is 0 Å². The second kappa shape index (κ2) is 6.30. The van der Waals surface area contributed by atoms with Crippen LogP contribution in [0.25, 0.3) is 0 Å². The molecule has 0 N–H and O–H groups in total. The Kier molecular flexibility index (Phi) is 4.67. The predicted molar refractivity (Wildman–Crippen MR) is 80.7 cm³/mol. The third-order valence-electron chi connectivity index (χ3n) is 3.18. The molecular formula is C15H18N2O3S. The number of hydrogen-bond donors (Lipinski definition) is 0. The molecule has 1 aliphatic heterocycles. The molecule has 5 nitrogen and oxygen atoms in total. The van der Waals surface area contributed by atoms with Crippen LogP contribution in [0.5, 0.6) is 0 Å². The number of urea groups is 1. The van der Waals surface area contributed by atoms with Crippen LogP contribution in [0.2, 0.25) is 0 Å². The van der Waals surface area contributed by atoms with Crippen molar-refractivity contribution in [1.82, 2.24) is 9.80 Å². The summed E-state index contributed by atoms with van der Waals surface area (Å²) >= 11 is 1.62. The Hall–Kier alpha value is -1.82. The van der Waals surface area contributed by atoms with Crippen molar-refractivity contribution in [2.45, 2.75) is 25.3 Å². The molecular weight excluding hydrogens is 288 g/mol. The highest BCUT2D eigenvalue weighted by Gasteiger charge is 2.44. The van der Waals surface area contributed by atoms with Gasteiger partial charge in [0.25, 0.3) is 0 Å². The first kappa shape index (κ1) is 15.6. The van der Waals surface area contributed by atoms with Gasteiger partial charge in [-0.05, 0) is 29.9 Å². The molecule has 1 aromatic rings. The van der Waals surface area contributed by atoms with Crippen molar-refractivity contribution in [3.63, 3.8) is 0 Å². The van der Waals surface area contributed by atoms with Gasteiger partial charge in [-0.25, -0.2) is 4.79 Å². The first-order chi connectivity index (χ1) is 9.93. The number of nitrogens with zero attached hydrogens (tertiary/aromatic N) is 2. The van der Waals surface area contributed by atoms with Gasteiger partial charge in [-0.1, -0.05) is 26.0 Å². The lowest BCUT2D eigenvalue weighted by Crippen LogP contribution is -2.35. The monoisotopic (exact) mass is 306 g/mol. The average Bonchev–Trinajstić information content (AvgIpc) is 2.65. The fraction of sp³-hybridized carbons (Fsp3) is 0.400. The molecule has 1 saturated heterocycles. The molecule has 1 fully saturated rings. The summed E-state index contributed by atoms with van der Waals surface area (Å²) in [7, 11) is 0. The zero-order valence-corrected chi connectivity index (χ0v) is 13.1. The third kappa shape index (κ3) is 3.26. The van der Waals surface area contributed by atoms with E-state index < -0.39 is 17.8 Å². The number of thioether (sulfide) groups is 1. The molecule has 0 radical (unpaired) electrons. The lowest BCUT2D eigenvalue weighted by Gasteiger charge is -2.17. The number of amides is 4. The molecule has 1 aromatic carbocycles. The van der Waals surface area contributed by atoms with E-state index in [0.29, 0.717) is 0 Å². The standard InChI is InChI=1S/C15H18N2O3S/c1-10(2)8-16-13(18)14(19)17(15(16)20)9-11-4-6-12(21-3)7-5-11/h4-7,10H,8-9H2,1-3H3. The van der Waals surface area contributed by atoms with Gasteiger partial charge in [0.15, 0.2) is 0 Å². The molecule has 0 aliphatic carbocycles. The van der Waals surface area contributed by atoms with Crippen LogP contribution in [-0.4, -0.2) is 40.4 Å². The van der Waals surface area contributed by atoms with Crippen LogP contribution >= 0.6 is 11.8 Å². The zero-order valence-electron chi connectivity index (χ0n) is 12.3. The molecule has 0 spiro atoms. The van der Waals surface area contributed by atoms with E-state index in [1.165, 1.54) is 0 Å². The largest absolute Gasteiger partial charge is 0.334 e. The van der Waals surface area contributed by atoms with Crippen LogP contribution in [0, 0.1) is 5.92 Å². The highest BCUT2D eigenvalue weighted by atomic mass is 32.2. The Balaban J connectivity index is 2.14. The molecule has 1 aliphatic rings. The van der Waals surface area contributed by atoms with Gasteiger partial charge in [-0.15, -0.1) is 11.8 Å². The summed E-state index contributed by atoms with van der Waals surface area (Å²) in [6.45, 7) is 4.20. The molecule has 4 amide bonds. The summed E-state index contributed by atoms with van der Waals surface area (Å²) in [5.74, 6) is -1.34. The zero-order chi connectivity index (χ0) is 15.6. The Labute approximate surface area is 128 Å². The molecule has 112 valence electrons. The summed E-state index contributed by atoms with van der Waals surface area (Å²) in [4.78, 5) is 39.2. The maximum Gasteiger partial charge on any atom is 0.334 e. The minimum Gasteiger partial charge on any atom is -0.263 e. The van der Waals surface area contributed by atoms with E-state index in [1.807, 2.05) is 44.4 Å². The smallest absolute Gasteiger partial charge is 0.263 e. The topological polar surface area (TPSA) is 57.7 Å². The first-order valence-corrected chi connectivity index (χ1v) is 7.96. The van der Waals surface area contributed by atoms with E-state index in [9.17, 15) is 14.4 Å². The van der Waals surface area contributed by atoms with Crippen molar-refractivity contribution in [2.75, 3.05) is 12.8 Å². The maximum absolute atomic E-state index is 12.2. The fourth-order valence-corrected chi connectivity index (χ4v) is 2.54. The summed E-state index contributed by atoms with van der Waals surface area (Å²) in [6, 6.07) is 7.06. The minimum absolute atomic E-state index is 0.131. The minimum atomic E-state index is -0.741. The second-order valence-electron chi connectivity index (χ2n) is 5.33. The number of imide groups is 2. The van der Waals surface area contributed by atoms with Crippen molar-refractivity contribution >= 4 is 29.6 Å². The highest BCUT2D eigenvalue weighted by Crippen LogP contribution is 2.19. The predicted octanol–water partition coefficient (Wildman–Crippen LogP) is 2.36. The van der Waals surface area contributed by atoms with E-state index >= 15 is 0 Å². The molecule has 0 unspecified atom stereocenters. The molecule has 0 atom stereocenters. The van der Waals surface area contributed by atoms with Crippen molar-refractivity contribution in [3.05, 3.63) is 29.8 Å². The summed E-state index contributed by atoms with van der Waals surface area (Å²) in [5.41, 5.74) is 0.827. The lowest BCUT2D eigenvalue weighted by molar-refractivity contribution is -0.143. The van der Waals surface area contributed by atoms with E-state index in [1.54, 1.807) is 11.8 Å². The van der Waals surface area contributed by atoms with Gasteiger partial charge in [0.05, 0.1) is 6.54 Å². The SMILES string of the molecule is CSc1ccc(CN2C(=O)C(=O)N(CC(C)C)C2=O)cc1. The number of carbonyl (C=O) groups excluding carboxylic acids is 3. The van der Waals surface area contributed by atoms with Crippen LogP contribution in [0.15, 0.2) is 29.2 Å². The lowest BCUT2D eigenvalue weighted by atomic mass is 10.2. The normalized spacial score (nSPS) is 15.5. The van der Waals surface area contributed by atoms with Crippen molar-refractivity contribution in [3.8, 4) is 0 Å². The van der Waals surface area contributed by atoms with Gasteiger partial charge in [-0.3, -0.25) is 19.4 Å². The van der Waals surface area contributed by atoms with Gasteiger partial charge in [0.1, 0.15) is 0 Å². The summed E-state index contributed by atoms with van der Waals surface area (Å²) in [6.07, 6.45) is 1.98. The highest BCUT2D eigenvalue weighted by molar-refractivity contribution is 7.98. The summed E-state index contributed by atoms with van der Waals surface area (Å²) in [5, 5.41) is 0. The van der Waals surface area contributed by atoms with Crippen LogP contribution in [0.3, 0.4) is 0 Å². The molecule has 6 heteroatoms. The van der Waals surface area contributed by atoms with Crippen LogP contribution in [0.4, 0.5) is 4.79 Å². The van der Waals surface area contributed by atoms with Crippen molar-refractivity contribution in [2.24, 2.45) is 5.92 Å². The average molecular weight is 306 g/mol. The number of carbonyl (C=O) groups is 3. The Morgan fingerprint density at radius 2 is 1.57 bits per heavy atom. The quantitative estimate of drug-likeness (QED) is 0.476. The van der Waals surface area contributed by atoms with Crippen molar-refractivity contribution < 1.29 is 14.4 Å². The van der Waals surface area contributed by atoms with Crippen molar-refractivity contribution in [1.29, 1.82) is 0 Å². The Morgan fingerprint density at radius 3 is 2.10 bits per heavy atom. The van der Waals surface area contributed by atoms with Crippen LogP contribution < -0.4 is 0 Å². The molecule has 2 rings (SSSR count). The first-order valence-electron chi connectivity index (χ1n) is 6.74. The van der Waals surface area contributed by atoms with Gasteiger partial charge in [0.2, 0.25) is 0 Å². The van der Waals surface area contributed by atoms with Crippen LogP contribution in [-0.2, 0) is 16.1 Å². The number of hydrogen-bond acceptors (Lipinski definition) is 4. The van der Waals surface area contributed by atoms with E-state index in [2.05, 4.69) is 0 Å². The molecule has 0 bridgehead atoms. The maximum atomic E-state index is 12.2. The van der Waals surface area contributed by atoms with Gasteiger partial charge >= 0.3 is 17.8 Å². The molecule has 0 saturated carbocycles. The van der Waals surface area contributed by atoms with Gasteiger partial charge in [0, 0.05) is 11.4 Å². The van der Waals surface area contributed by atoms with Crippen LogP contribution in [0.1, 0.15) is 19.4 Å². The summed E-state index contributed by atoms with van der Waals surface area (Å²) < 4.78 is 0. The molecule has 1 heterocycles. The Morgan fingerprint density at radius 1 is 1.00 bits per heavy atom. The molecule has 21 heavy (non-hydrogen) atoms.